The Hall–Kier alpha value is -3.51. The highest BCUT2D eigenvalue weighted by Gasteiger charge is 2.28. The minimum absolute atomic E-state index is 0.0484. The molecule has 1 aliphatic rings. The summed E-state index contributed by atoms with van der Waals surface area (Å²) in [5, 5.41) is 2.81. The van der Waals surface area contributed by atoms with Gasteiger partial charge in [-0.3, -0.25) is 0 Å². The number of carbonyl (C=O) groups excluding carboxylic acids is 1. The van der Waals surface area contributed by atoms with Crippen LogP contribution in [-0.2, 0) is 63.4 Å². The van der Waals surface area contributed by atoms with Crippen molar-refractivity contribution in [3.05, 3.63) is 95.6 Å². The quantitative estimate of drug-likeness (QED) is 0.0749. The Morgan fingerprint density at radius 2 is 0.746 bits per heavy atom. The van der Waals surface area contributed by atoms with Crippen LogP contribution in [0.25, 0.3) is 11.1 Å². The van der Waals surface area contributed by atoms with Crippen LogP contribution in [0, 0.1) is 0 Å². The van der Waals surface area contributed by atoms with E-state index in [4.69, 9.17) is 56.8 Å². The summed E-state index contributed by atoms with van der Waals surface area (Å²) in [6.45, 7) is 12.0. The molecule has 0 radical (unpaired) electrons. The second-order valence-electron chi connectivity index (χ2n) is 13.3. The Morgan fingerprint density at radius 3 is 1.15 bits per heavy atom. The maximum Gasteiger partial charge on any atom is 0.407 e. The van der Waals surface area contributed by atoms with Gasteiger partial charge < -0.3 is 62.2 Å². The summed E-state index contributed by atoms with van der Waals surface area (Å²) in [5.74, 6) is 0.0484. The van der Waals surface area contributed by atoms with Crippen LogP contribution in [0.3, 0.4) is 0 Å². The number of rotatable bonds is 38. The fraction of sp³-hybridized carbons (Fsp3) is 0.578. The van der Waals surface area contributed by atoms with E-state index in [0.717, 1.165) is 5.56 Å². The van der Waals surface area contributed by atoms with E-state index in [0.29, 0.717) is 165 Å². The molecule has 0 aromatic heterocycles. The van der Waals surface area contributed by atoms with Crippen molar-refractivity contribution in [2.75, 3.05) is 152 Å². The van der Waals surface area contributed by atoms with Crippen molar-refractivity contribution in [3.63, 3.8) is 0 Å². The third-order valence-electron chi connectivity index (χ3n) is 8.91. The number of nitrogens with one attached hydrogen (secondary N) is 1. The molecule has 1 amide bonds. The second-order valence-corrected chi connectivity index (χ2v) is 13.3. The lowest BCUT2D eigenvalue weighted by Crippen LogP contribution is -2.27. The molecule has 1 aliphatic carbocycles. The molecule has 3 aromatic carbocycles. The number of benzene rings is 3. The Balaban J connectivity index is 0.768. The number of hydrogen-bond acceptors (Lipinski definition) is 13. The van der Waals surface area contributed by atoms with E-state index in [1.807, 2.05) is 54.6 Å². The van der Waals surface area contributed by atoms with Crippen LogP contribution in [0.2, 0.25) is 0 Å². The highest BCUT2D eigenvalue weighted by Crippen LogP contribution is 2.44. The topological polar surface area (TPSA) is 140 Å². The van der Waals surface area contributed by atoms with Crippen molar-refractivity contribution >= 4 is 6.09 Å². The molecule has 328 valence electrons. The van der Waals surface area contributed by atoms with E-state index >= 15 is 0 Å². The second kappa shape index (κ2) is 33.2. The van der Waals surface area contributed by atoms with Gasteiger partial charge >= 0.3 is 6.09 Å². The summed E-state index contributed by atoms with van der Waals surface area (Å²) < 4.78 is 66.3. The highest BCUT2D eigenvalue weighted by atomic mass is 16.6. The molecular weight excluding hydrogens is 762 g/mol. The minimum Gasteiger partial charge on any atom is -0.449 e. The molecule has 0 spiro atoms. The lowest BCUT2D eigenvalue weighted by Gasteiger charge is -2.14. The number of carbonyl (C=O) groups is 1. The van der Waals surface area contributed by atoms with Crippen molar-refractivity contribution < 1.29 is 61.6 Å². The first-order valence-corrected chi connectivity index (χ1v) is 20.8. The molecule has 1 N–H and O–H groups in total. The zero-order valence-corrected chi connectivity index (χ0v) is 34.6. The number of ether oxygens (including phenoxy) is 12. The molecule has 0 aliphatic heterocycles. The predicted octanol–water partition coefficient (Wildman–Crippen LogP) is 5.30. The molecule has 0 saturated carbocycles. The molecule has 14 heteroatoms. The van der Waals surface area contributed by atoms with Crippen LogP contribution in [0.1, 0.15) is 29.0 Å². The highest BCUT2D eigenvalue weighted by molar-refractivity contribution is 5.79. The Kier molecular flexibility index (Phi) is 27.1. The van der Waals surface area contributed by atoms with Crippen LogP contribution in [0.4, 0.5) is 4.79 Å². The smallest absolute Gasteiger partial charge is 0.407 e. The van der Waals surface area contributed by atoms with Gasteiger partial charge in [0.1, 0.15) is 6.61 Å². The molecular formula is C45H65NO13. The summed E-state index contributed by atoms with van der Waals surface area (Å²) in [6, 6.07) is 26.6. The SMILES string of the molecule is O=C(NCCCOCCOCCOCCOCCOCCOCCOCCOCCOCCOCCOCc1ccccc1)OCC1c2ccccc2-c2ccccc21. The number of amides is 1. The maximum absolute atomic E-state index is 12.3. The van der Waals surface area contributed by atoms with Gasteiger partial charge in [-0.25, -0.2) is 4.79 Å². The van der Waals surface area contributed by atoms with Gasteiger partial charge in [-0.2, -0.15) is 0 Å². The minimum atomic E-state index is -0.415. The van der Waals surface area contributed by atoms with Gasteiger partial charge in [0.2, 0.25) is 0 Å². The summed E-state index contributed by atoms with van der Waals surface area (Å²) >= 11 is 0. The van der Waals surface area contributed by atoms with Crippen LogP contribution >= 0.6 is 0 Å². The fourth-order valence-electron chi connectivity index (χ4n) is 5.98. The first-order valence-electron chi connectivity index (χ1n) is 20.8. The molecule has 0 fully saturated rings. The summed E-state index contributed by atoms with van der Waals surface area (Å²) in [7, 11) is 0. The van der Waals surface area contributed by atoms with E-state index < -0.39 is 6.09 Å². The number of fused-ring (bicyclic) bond motifs is 3. The Bertz CT molecular complexity index is 1420. The first kappa shape index (κ1) is 48.2. The molecule has 0 bridgehead atoms. The summed E-state index contributed by atoms with van der Waals surface area (Å²) in [4.78, 5) is 12.3. The zero-order chi connectivity index (χ0) is 41.1. The van der Waals surface area contributed by atoms with E-state index in [2.05, 4.69) is 29.6 Å². The van der Waals surface area contributed by atoms with E-state index in [9.17, 15) is 4.79 Å². The van der Waals surface area contributed by atoms with Gasteiger partial charge in [-0.1, -0.05) is 78.9 Å². The van der Waals surface area contributed by atoms with Crippen LogP contribution in [0.5, 0.6) is 0 Å². The molecule has 3 aromatic rings. The lowest BCUT2D eigenvalue weighted by molar-refractivity contribution is -0.0277. The molecule has 0 saturated heterocycles. The number of alkyl carbamates (subject to hydrolysis) is 1. The van der Waals surface area contributed by atoms with Gasteiger partial charge in [-0.15, -0.1) is 0 Å². The van der Waals surface area contributed by atoms with Crippen molar-refractivity contribution in [3.8, 4) is 11.1 Å². The average Bonchev–Trinajstić information content (AvgIpc) is 3.59. The molecule has 0 atom stereocenters. The normalized spacial score (nSPS) is 12.1. The van der Waals surface area contributed by atoms with Gasteiger partial charge in [-0.05, 0) is 34.2 Å². The van der Waals surface area contributed by atoms with Crippen LogP contribution < -0.4 is 5.32 Å². The monoisotopic (exact) mass is 827 g/mol. The largest absolute Gasteiger partial charge is 0.449 e. The molecule has 59 heavy (non-hydrogen) atoms. The Morgan fingerprint density at radius 1 is 0.407 bits per heavy atom. The third kappa shape index (κ3) is 22.1. The van der Waals surface area contributed by atoms with Crippen LogP contribution in [0.15, 0.2) is 78.9 Å². The maximum atomic E-state index is 12.3. The molecule has 0 heterocycles. The molecule has 0 unspecified atom stereocenters. The number of hydrogen-bond donors (Lipinski definition) is 1. The third-order valence-corrected chi connectivity index (χ3v) is 8.91. The van der Waals surface area contributed by atoms with Gasteiger partial charge in [0.25, 0.3) is 0 Å². The van der Waals surface area contributed by atoms with Gasteiger partial charge in [0, 0.05) is 19.1 Å². The van der Waals surface area contributed by atoms with Crippen molar-refractivity contribution in [2.24, 2.45) is 0 Å². The average molecular weight is 828 g/mol. The first-order chi connectivity index (χ1) is 29.3. The van der Waals surface area contributed by atoms with E-state index in [-0.39, 0.29) is 5.92 Å². The van der Waals surface area contributed by atoms with Gasteiger partial charge in [0.15, 0.2) is 0 Å². The predicted molar refractivity (Wildman–Crippen MR) is 222 cm³/mol. The van der Waals surface area contributed by atoms with E-state index in [1.54, 1.807) is 0 Å². The zero-order valence-electron chi connectivity index (χ0n) is 34.6. The van der Waals surface area contributed by atoms with E-state index in [1.165, 1.54) is 22.3 Å². The molecule has 4 rings (SSSR count). The molecule has 14 nitrogen and oxygen atoms in total. The summed E-state index contributed by atoms with van der Waals surface area (Å²) in [6.07, 6.45) is 0.268. The Labute approximate surface area is 349 Å². The standard InChI is InChI=1S/C45H65NO13/c47-45(59-38-44-42-13-6-4-11-40(42)41-12-5-7-14-43(41)44)46-15-8-16-48-17-18-49-19-20-50-21-22-51-23-24-52-25-26-53-27-28-54-29-30-55-31-32-56-33-34-57-35-36-58-37-39-9-2-1-3-10-39/h1-7,9-14,44H,8,15-38H2,(H,46,47). The van der Waals surface area contributed by atoms with Crippen molar-refractivity contribution in [1.82, 2.24) is 5.32 Å². The van der Waals surface area contributed by atoms with Crippen LogP contribution in [-0.4, -0.2) is 158 Å². The van der Waals surface area contributed by atoms with Crippen molar-refractivity contribution in [1.29, 1.82) is 0 Å². The fourth-order valence-corrected chi connectivity index (χ4v) is 5.98. The lowest BCUT2D eigenvalue weighted by atomic mass is 9.98. The van der Waals surface area contributed by atoms with Crippen molar-refractivity contribution in [2.45, 2.75) is 18.9 Å². The van der Waals surface area contributed by atoms with Gasteiger partial charge in [0.05, 0.1) is 139 Å². The summed E-state index contributed by atoms with van der Waals surface area (Å²) in [5.41, 5.74) is 5.96.